The number of hydrogen-bond donors (Lipinski definition) is 3. The van der Waals surface area contributed by atoms with Gasteiger partial charge in [-0.05, 0) is 98.0 Å². The number of nitrogens with zero attached hydrogens (tertiary/aromatic N) is 6. The third-order valence-electron chi connectivity index (χ3n) is 10.5. The van der Waals surface area contributed by atoms with Crippen LogP contribution in [0.2, 0.25) is 0 Å². The third-order valence-corrected chi connectivity index (χ3v) is 10.5. The summed E-state index contributed by atoms with van der Waals surface area (Å²) in [5.74, 6) is -4.22. The number of azo groups is 2. The number of aryl methyl sites for hydroxylation is 2. The second-order valence-corrected chi connectivity index (χ2v) is 15.4. The summed E-state index contributed by atoms with van der Waals surface area (Å²) in [6.45, 7) is 2.95. The molecule has 67 heavy (non-hydrogen) atoms. The molecule has 2 heterocycles. The molecular formula is C47H48FN7O12. The van der Waals surface area contributed by atoms with Crippen molar-refractivity contribution in [1.82, 2.24) is 10.2 Å². The first-order chi connectivity index (χ1) is 32.3. The Morgan fingerprint density at radius 3 is 1.76 bits per heavy atom. The molecule has 0 spiro atoms. The Balaban J connectivity index is 1.16. The van der Waals surface area contributed by atoms with Crippen LogP contribution in [0.5, 0.6) is 0 Å². The van der Waals surface area contributed by atoms with Gasteiger partial charge in [0.15, 0.2) is 30.4 Å². The highest BCUT2D eigenvalue weighted by Gasteiger charge is 2.52. The van der Waals surface area contributed by atoms with E-state index in [1.807, 2.05) is 6.92 Å². The molecule has 4 aromatic rings. The van der Waals surface area contributed by atoms with E-state index in [0.29, 0.717) is 40.3 Å². The molecule has 4 aromatic carbocycles. The molecule has 1 fully saturated rings. The Morgan fingerprint density at radius 2 is 1.25 bits per heavy atom. The lowest BCUT2D eigenvalue weighted by Crippen LogP contribution is -2.56. The molecule has 5 unspecified atom stereocenters. The fourth-order valence-corrected chi connectivity index (χ4v) is 6.99. The van der Waals surface area contributed by atoms with Crippen molar-refractivity contribution in [3.05, 3.63) is 119 Å². The van der Waals surface area contributed by atoms with Crippen LogP contribution in [0.25, 0.3) is 0 Å². The zero-order chi connectivity index (χ0) is 47.9. The van der Waals surface area contributed by atoms with Gasteiger partial charge in [-0.15, -0.1) is 0 Å². The van der Waals surface area contributed by atoms with Crippen molar-refractivity contribution in [2.24, 2.45) is 25.4 Å². The molecule has 19 nitrogen and oxygen atoms in total. The maximum absolute atomic E-state index is 15.7. The molecule has 2 aliphatic rings. The van der Waals surface area contributed by atoms with Gasteiger partial charge in [0.25, 0.3) is 0 Å². The van der Waals surface area contributed by atoms with E-state index in [1.54, 1.807) is 55.5 Å². The van der Waals surface area contributed by atoms with Crippen LogP contribution in [0.4, 0.5) is 36.7 Å². The molecule has 0 saturated carbocycles. The van der Waals surface area contributed by atoms with Crippen LogP contribution < -0.4 is 5.32 Å². The first-order valence-corrected chi connectivity index (χ1v) is 21.5. The van der Waals surface area contributed by atoms with Gasteiger partial charge < -0.3 is 29.2 Å². The number of urea groups is 1. The number of ether oxygens (including phenoxy) is 4. The Kier molecular flexibility index (Phi) is 17.0. The summed E-state index contributed by atoms with van der Waals surface area (Å²) in [7, 11) is 0. The number of aromatic carboxylic acids is 2. The highest BCUT2D eigenvalue weighted by Crippen LogP contribution is 2.33. The fraction of sp³-hybridized carbons (Fsp3) is 0.340. The standard InChI is InChI=1S/C47H48FN7O12/c1-3-4-9-26-64-47(63)50-42-35(48)27-55(46(62)49-42)43-41(67-39(57)25-19-30-11-6-8-13-37(30)54-52-34-22-16-32(17-23-34)45(60)61)40(28(2)65-43)66-38(56)24-18-29-10-5-7-12-36(29)53-51-33-20-14-31(15-21-33)44(58)59/h5-8,10-17,20-23,28,35,40-41,43H,3-4,9,18-19,24-27H2,1-2H3,(H,58,59)(H,60,61)(H,49,50,62,63)/b53-51+,54-52+. The van der Waals surface area contributed by atoms with Crippen molar-refractivity contribution in [1.29, 1.82) is 0 Å². The number of aliphatic imine (C=N–C) groups is 1. The van der Waals surface area contributed by atoms with Crippen molar-refractivity contribution in [2.45, 2.75) is 89.5 Å². The number of benzene rings is 4. The molecule has 2 aliphatic heterocycles. The van der Waals surface area contributed by atoms with E-state index in [1.165, 1.54) is 48.5 Å². The number of carboxylic acids is 2. The predicted molar refractivity (Wildman–Crippen MR) is 237 cm³/mol. The lowest BCUT2D eigenvalue weighted by atomic mass is 10.1. The van der Waals surface area contributed by atoms with Crippen molar-refractivity contribution in [2.75, 3.05) is 13.2 Å². The van der Waals surface area contributed by atoms with Crippen LogP contribution in [-0.4, -0.2) is 101 Å². The smallest absolute Gasteiger partial charge is 0.412 e. The van der Waals surface area contributed by atoms with Gasteiger partial charge in [-0.2, -0.15) is 25.4 Å². The van der Waals surface area contributed by atoms with Crippen LogP contribution in [0.3, 0.4) is 0 Å². The van der Waals surface area contributed by atoms with E-state index in [9.17, 15) is 39.0 Å². The molecule has 0 bridgehead atoms. The summed E-state index contributed by atoms with van der Waals surface area (Å²) >= 11 is 0. The van der Waals surface area contributed by atoms with E-state index in [2.05, 4.69) is 30.8 Å². The Hall–Kier alpha value is -7.74. The molecule has 3 N–H and O–H groups in total. The topological polar surface area (TPSA) is 257 Å². The Labute approximate surface area is 383 Å². The number of amidine groups is 1. The van der Waals surface area contributed by atoms with Crippen LogP contribution in [0.1, 0.15) is 77.8 Å². The van der Waals surface area contributed by atoms with Gasteiger partial charge in [0, 0.05) is 12.8 Å². The van der Waals surface area contributed by atoms with E-state index in [-0.39, 0.29) is 43.4 Å². The number of unbranched alkanes of at least 4 members (excludes halogenated alkanes) is 2. The van der Waals surface area contributed by atoms with Crippen molar-refractivity contribution < 1.29 is 62.3 Å². The highest BCUT2D eigenvalue weighted by molar-refractivity contribution is 6.05. The normalized spacial score (nSPS) is 19.3. The molecular weight excluding hydrogens is 874 g/mol. The number of rotatable bonds is 19. The number of carbonyl (C=O) groups excluding carboxylic acids is 4. The van der Waals surface area contributed by atoms with Gasteiger partial charge in [0.1, 0.15) is 0 Å². The summed E-state index contributed by atoms with van der Waals surface area (Å²) in [5, 5.41) is 37.5. The van der Waals surface area contributed by atoms with Gasteiger partial charge in [-0.25, -0.2) is 23.6 Å². The van der Waals surface area contributed by atoms with E-state index < -0.39 is 79.1 Å². The lowest BCUT2D eigenvalue weighted by Gasteiger charge is -2.34. The molecule has 0 radical (unpaired) electrons. The molecule has 0 aliphatic carbocycles. The zero-order valence-electron chi connectivity index (χ0n) is 36.5. The van der Waals surface area contributed by atoms with Gasteiger partial charge in [-0.3, -0.25) is 19.8 Å². The van der Waals surface area contributed by atoms with E-state index in [4.69, 9.17) is 18.9 Å². The van der Waals surface area contributed by atoms with Crippen LogP contribution in [0.15, 0.2) is 123 Å². The second-order valence-electron chi connectivity index (χ2n) is 15.4. The molecule has 5 atom stereocenters. The number of halogens is 1. The second kappa shape index (κ2) is 23.4. The number of carbonyl (C=O) groups is 6. The summed E-state index contributed by atoms with van der Waals surface area (Å²) in [6, 6.07) is 24.4. The first kappa shape index (κ1) is 48.7. The largest absolute Gasteiger partial charge is 0.478 e. The van der Waals surface area contributed by atoms with Crippen LogP contribution in [-0.2, 0) is 41.4 Å². The average Bonchev–Trinajstić information content (AvgIpc) is 3.61. The quantitative estimate of drug-likeness (QED) is 0.0344. The number of alkyl halides is 1. The van der Waals surface area contributed by atoms with Crippen molar-refractivity contribution >= 4 is 64.6 Å². The number of esters is 2. The van der Waals surface area contributed by atoms with Gasteiger partial charge in [0.2, 0.25) is 0 Å². The van der Waals surface area contributed by atoms with Gasteiger partial charge in [-0.1, -0.05) is 56.2 Å². The minimum absolute atomic E-state index is 0.0871. The highest BCUT2D eigenvalue weighted by atomic mass is 19.1. The van der Waals surface area contributed by atoms with Gasteiger partial charge in [0.05, 0.1) is 53.1 Å². The average molecular weight is 922 g/mol. The molecule has 20 heteroatoms. The summed E-state index contributed by atoms with van der Waals surface area (Å²) in [6.07, 6.45) is -5.97. The minimum Gasteiger partial charge on any atom is -0.478 e. The maximum Gasteiger partial charge on any atom is 0.412 e. The summed E-state index contributed by atoms with van der Waals surface area (Å²) in [4.78, 5) is 80.2. The number of carboxylic acid groups (broad SMARTS) is 2. The first-order valence-electron chi connectivity index (χ1n) is 21.5. The zero-order valence-corrected chi connectivity index (χ0v) is 36.5. The number of amides is 3. The SMILES string of the molecule is CCCCCOC(=O)NC1=NC(=O)N(C2OC(C)C(OC(=O)CCc3ccccc3/N=N/c3ccc(C(=O)O)cc3)C2OC(=O)CCc2ccccc2/N=N/c2ccc(C(=O)O)cc2)CC1F. The summed E-state index contributed by atoms with van der Waals surface area (Å²) in [5.41, 5.74) is 3.11. The molecule has 350 valence electrons. The Morgan fingerprint density at radius 1 is 0.746 bits per heavy atom. The monoisotopic (exact) mass is 921 g/mol. The molecule has 0 aromatic heterocycles. The molecule has 3 amide bonds. The van der Waals surface area contributed by atoms with E-state index >= 15 is 4.39 Å². The third kappa shape index (κ3) is 13.6. The molecule has 6 rings (SSSR count). The predicted octanol–water partition coefficient (Wildman–Crippen LogP) is 9.14. The number of alkyl carbamates (subject to hydrolysis) is 1. The lowest BCUT2D eigenvalue weighted by molar-refractivity contribution is -0.169. The Bertz CT molecular complexity index is 2520. The van der Waals surface area contributed by atoms with Crippen molar-refractivity contribution in [3.8, 4) is 0 Å². The number of nitrogens with one attached hydrogen (secondary N) is 1. The summed E-state index contributed by atoms with van der Waals surface area (Å²) < 4.78 is 38.7. The van der Waals surface area contributed by atoms with Crippen LogP contribution in [0, 0.1) is 0 Å². The maximum atomic E-state index is 15.7. The van der Waals surface area contributed by atoms with Crippen molar-refractivity contribution in [3.63, 3.8) is 0 Å². The van der Waals surface area contributed by atoms with Crippen LogP contribution >= 0.6 is 0 Å². The fourth-order valence-electron chi connectivity index (χ4n) is 6.99. The minimum atomic E-state index is -2.00. The van der Waals surface area contributed by atoms with Gasteiger partial charge >= 0.3 is 36.0 Å². The van der Waals surface area contributed by atoms with E-state index in [0.717, 1.165) is 17.7 Å². The number of hydrogen-bond acceptors (Lipinski definition) is 14. The molecule has 1 saturated heterocycles.